The van der Waals surface area contributed by atoms with E-state index in [9.17, 15) is 22.8 Å². The molecule has 2 atom stereocenters. The molecule has 1 aromatic heterocycles. The number of halogens is 3. The Morgan fingerprint density at radius 1 is 1.27 bits per heavy atom. The van der Waals surface area contributed by atoms with Crippen LogP contribution in [-0.4, -0.2) is 52.7 Å². The van der Waals surface area contributed by atoms with Crippen LogP contribution in [0.25, 0.3) is 5.69 Å². The molecule has 1 saturated heterocycles. The van der Waals surface area contributed by atoms with Gasteiger partial charge < -0.3 is 15.0 Å². The van der Waals surface area contributed by atoms with Crippen molar-refractivity contribution in [1.82, 2.24) is 20.0 Å². The van der Waals surface area contributed by atoms with Gasteiger partial charge in [-0.15, -0.1) is 0 Å². The Balaban J connectivity index is 1.83. The second-order valence-electron chi connectivity index (χ2n) is 8.26. The van der Waals surface area contributed by atoms with E-state index in [1.165, 1.54) is 30.1 Å². The lowest BCUT2D eigenvalue weighted by Gasteiger charge is -2.37. The van der Waals surface area contributed by atoms with E-state index >= 15 is 0 Å². The molecule has 0 spiro atoms. The second kappa shape index (κ2) is 10.3. The molecule has 1 N–H and O–H groups in total. The molecule has 0 radical (unpaired) electrons. The van der Waals surface area contributed by atoms with E-state index in [-0.39, 0.29) is 41.5 Å². The number of nitrogens with one attached hydrogen (secondary N) is 1. The van der Waals surface area contributed by atoms with E-state index in [0.717, 1.165) is 25.0 Å². The molecule has 1 aromatic carbocycles. The lowest BCUT2D eigenvalue weighted by molar-refractivity contribution is -0.137. The summed E-state index contributed by atoms with van der Waals surface area (Å²) in [6, 6.07) is 4.57. The van der Waals surface area contributed by atoms with Gasteiger partial charge in [-0.1, -0.05) is 19.4 Å². The number of likely N-dealkylation sites (tertiary alicyclic amines) is 1. The van der Waals surface area contributed by atoms with E-state index in [0.29, 0.717) is 19.4 Å². The van der Waals surface area contributed by atoms with Gasteiger partial charge in [-0.3, -0.25) is 9.59 Å². The van der Waals surface area contributed by atoms with Crippen LogP contribution in [0.4, 0.5) is 13.2 Å². The number of alkyl halides is 3. The van der Waals surface area contributed by atoms with Crippen LogP contribution in [0, 0.1) is 5.92 Å². The molecule has 2 heterocycles. The maximum Gasteiger partial charge on any atom is 0.416 e. The zero-order valence-corrected chi connectivity index (χ0v) is 19.0. The summed E-state index contributed by atoms with van der Waals surface area (Å²) in [6.07, 6.45) is 0.0870. The highest BCUT2D eigenvalue weighted by Crippen LogP contribution is 2.31. The Kier molecular flexibility index (Phi) is 7.65. The molecule has 0 aliphatic carbocycles. The summed E-state index contributed by atoms with van der Waals surface area (Å²) in [4.78, 5) is 27.5. The lowest BCUT2D eigenvalue weighted by atomic mass is 9.92. The van der Waals surface area contributed by atoms with Crippen molar-refractivity contribution < 1.29 is 27.5 Å². The minimum atomic E-state index is -4.50. The number of piperidine rings is 1. The standard InChI is InChI=1S/C23H29F3N4O3/c1-4-5-11-27-21(31)16-10-9-15(2)29(13-16)22(32)20-19(33-3)14-30(28-20)18-8-6-7-17(12-18)23(24,25)26/h6-8,12,14-16H,4-5,9-11,13H2,1-3H3,(H,27,31). The van der Waals surface area contributed by atoms with Crippen molar-refractivity contribution in [2.24, 2.45) is 5.92 Å². The van der Waals surface area contributed by atoms with Gasteiger partial charge >= 0.3 is 6.18 Å². The normalized spacial score (nSPS) is 18.8. The Hall–Kier alpha value is -3.04. The number of amides is 2. The summed E-state index contributed by atoms with van der Waals surface area (Å²) in [5.41, 5.74) is -0.667. The Morgan fingerprint density at radius 3 is 2.70 bits per heavy atom. The third-order valence-electron chi connectivity index (χ3n) is 5.88. The number of aromatic nitrogens is 2. The molecule has 2 unspecified atom stereocenters. The first-order chi connectivity index (χ1) is 15.7. The predicted molar refractivity (Wildman–Crippen MR) is 116 cm³/mol. The number of ether oxygens (including phenoxy) is 1. The number of rotatable bonds is 7. The van der Waals surface area contributed by atoms with Gasteiger partial charge in [0.25, 0.3) is 5.91 Å². The van der Waals surface area contributed by atoms with Crippen molar-refractivity contribution in [2.45, 2.75) is 51.7 Å². The Morgan fingerprint density at radius 2 is 2.03 bits per heavy atom. The first kappa shape index (κ1) is 24.6. The van der Waals surface area contributed by atoms with Crippen molar-refractivity contribution in [3.63, 3.8) is 0 Å². The zero-order chi connectivity index (χ0) is 24.2. The summed E-state index contributed by atoms with van der Waals surface area (Å²) in [5, 5.41) is 7.17. The highest BCUT2D eigenvalue weighted by molar-refractivity contribution is 5.95. The third kappa shape index (κ3) is 5.66. The molecule has 2 aromatic rings. The molecule has 1 aliphatic rings. The molecule has 33 heavy (non-hydrogen) atoms. The minimum Gasteiger partial charge on any atom is -0.493 e. The molecule has 3 rings (SSSR count). The first-order valence-electron chi connectivity index (χ1n) is 11.1. The topological polar surface area (TPSA) is 76.5 Å². The quantitative estimate of drug-likeness (QED) is 0.625. The summed E-state index contributed by atoms with van der Waals surface area (Å²) in [7, 11) is 1.37. The van der Waals surface area contributed by atoms with Crippen LogP contribution in [-0.2, 0) is 11.0 Å². The fourth-order valence-corrected chi connectivity index (χ4v) is 3.89. The largest absolute Gasteiger partial charge is 0.493 e. The van der Waals surface area contributed by atoms with Gasteiger partial charge in [-0.2, -0.15) is 18.3 Å². The summed E-state index contributed by atoms with van der Waals surface area (Å²) in [6.45, 7) is 4.79. The number of benzene rings is 1. The Labute approximate surface area is 190 Å². The number of carbonyl (C=O) groups is 2. The third-order valence-corrected chi connectivity index (χ3v) is 5.88. The van der Waals surface area contributed by atoms with Crippen molar-refractivity contribution >= 4 is 11.8 Å². The van der Waals surface area contributed by atoms with Crippen LogP contribution >= 0.6 is 0 Å². The molecule has 7 nitrogen and oxygen atoms in total. The average molecular weight is 467 g/mol. The number of hydrogen-bond donors (Lipinski definition) is 1. The maximum absolute atomic E-state index is 13.3. The van der Waals surface area contributed by atoms with Crippen molar-refractivity contribution in [1.29, 1.82) is 0 Å². The molecule has 0 saturated carbocycles. The number of hydrogen-bond acceptors (Lipinski definition) is 4. The lowest BCUT2D eigenvalue weighted by Crippen LogP contribution is -2.49. The van der Waals surface area contributed by atoms with Crippen LogP contribution in [0.2, 0.25) is 0 Å². The van der Waals surface area contributed by atoms with Crippen LogP contribution in [0.1, 0.15) is 55.6 Å². The highest BCUT2D eigenvalue weighted by Gasteiger charge is 2.35. The second-order valence-corrected chi connectivity index (χ2v) is 8.26. The van der Waals surface area contributed by atoms with Gasteiger partial charge in [0.05, 0.1) is 30.5 Å². The Bertz CT molecular complexity index is 990. The van der Waals surface area contributed by atoms with Gasteiger partial charge in [0.2, 0.25) is 5.91 Å². The van der Waals surface area contributed by atoms with Gasteiger partial charge in [0, 0.05) is 19.1 Å². The van der Waals surface area contributed by atoms with E-state index in [1.54, 1.807) is 4.90 Å². The molecule has 0 bridgehead atoms. The first-order valence-corrected chi connectivity index (χ1v) is 11.1. The summed E-state index contributed by atoms with van der Waals surface area (Å²) < 4.78 is 45.8. The van der Waals surface area contributed by atoms with Crippen LogP contribution in [0.15, 0.2) is 30.5 Å². The molecule has 1 fully saturated rings. The van der Waals surface area contributed by atoms with Gasteiger partial charge in [0.1, 0.15) is 0 Å². The molecule has 2 amide bonds. The van der Waals surface area contributed by atoms with Crippen LogP contribution in [0.5, 0.6) is 5.75 Å². The number of methoxy groups -OCH3 is 1. The van der Waals surface area contributed by atoms with E-state index in [2.05, 4.69) is 10.4 Å². The molecular formula is C23H29F3N4O3. The number of nitrogens with zero attached hydrogens (tertiary/aromatic N) is 3. The monoisotopic (exact) mass is 466 g/mol. The molecule has 10 heteroatoms. The summed E-state index contributed by atoms with van der Waals surface area (Å²) in [5.74, 6) is -0.663. The van der Waals surface area contributed by atoms with Crippen LogP contribution < -0.4 is 10.1 Å². The molecule has 180 valence electrons. The van der Waals surface area contributed by atoms with E-state index in [1.807, 2.05) is 13.8 Å². The number of carbonyl (C=O) groups excluding carboxylic acids is 2. The van der Waals surface area contributed by atoms with Gasteiger partial charge in [0.15, 0.2) is 11.4 Å². The molecular weight excluding hydrogens is 437 g/mol. The van der Waals surface area contributed by atoms with Crippen molar-refractivity contribution in [3.05, 3.63) is 41.7 Å². The SMILES string of the molecule is CCCCNC(=O)C1CCC(C)N(C(=O)c2nn(-c3cccc(C(F)(F)F)c3)cc2OC)C1. The van der Waals surface area contributed by atoms with Gasteiger partial charge in [-0.05, 0) is 44.4 Å². The van der Waals surface area contributed by atoms with Crippen molar-refractivity contribution in [3.8, 4) is 11.4 Å². The fraction of sp³-hybridized carbons (Fsp3) is 0.522. The highest BCUT2D eigenvalue weighted by atomic mass is 19.4. The predicted octanol–water partition coefficient (Wildman–Crippen LogP) is 4.06. The summed E-state index contributed by atoms with van der Waals surface area (Å²) >= 11 is 0. The minimum absolute atomic E-state index is 0.00574. The van der Waals surface area contributed by atoms with E-state index in [4.69, 9.17) is 4.74 Å². The van der Waals surface area contributed by atoms with Crippen molar-refractivity contribution in [2.75, 3.05) is 20.2 Å². The van der Waals surface area contributed by atoms with E-state index < -0.39 is 17.6 Å². The van der Waals surface area contributed by atoms with Crippen LogP contribution in [0.3, 0.4) is 0 Å². The average Bonchev–Trinajstić information content (AvgIpc) is 3.23. The van der Waals surface area contributed by atoms with Gasteiger partial charge in [-0.25, -0.2) is 4.68 Å². The molecule has 1 aliphatic heterocycles. The zero-order valence-electron chi connectivity index (χ0n) is 19.0. The number of unbranched alkanes of at least 4 members (excludes halogenated alkanes) is 1. The maximum atomic E-state index is 13.3. The smallest absolute Gasteiger partial charge is 0.416 e. The fourth-order valence-electron chi connectivity index (χ4n) is 3.89.